The number of fused-ring (bicyclic) bond motifs is 1. The predicted octanol–water partition coefficient (Wildman–Crippen LogP) is 2.25. The summed E-state index contributed by atoms with van der Waals surface area (Å²) in [4.78, 5) is 0. The summed E-state index contributed by atoms with van der Waals surface area (Å²) in [6.45, 7) is 1.98. The van der Waals surface area contributed by atoms with Gasteiger partial charge < -0.3 is 9.47 Å². The summed E-state index contributed by atoms with van der Waals surface area (Å²) in [6, 6.07) is 0. The van der Waals surface area contributed by atoms with E-state index in [2.05, 4.69) is 12.2 Å². The molecule has 0 spiro atoms. The molecule has 0 amide bonds. The summed E-state index contributed by atoms with van der Waals surface area (Å²) in [7, 11) is 0. The van der Waals surface area contributed by atoms with Crippen molar-refractivity contribution >= 4 is 0 Å². The highest BCUT2D eigenvalue weighted by molar-refractivity contribution is 4.90. The second kappa shape index (κ2) is 3.58. The Hall–Kier alpha value is -0.340. The van der Waals surface area contributed by atoms with Crippen LogP contribution in [0.4, 0.5) is 0 Å². The molecule has 0 radical (unpaired) electrons. The van der Waals surface area contributed by atoms with Crippen LogP contribution in [0.25, 0.3) is 0 Å². The zero-order valence-electron chi connectivity index (χ0n) is 7.53. The third kappa shape index (κ3) is 1.70. The molecule has 0 saturated carbocycles. The Balaban J connectivity index is 1.98. The first kappa shape index (κ1) is 8.27. The van der Waals surface area contributed by atoms with E-state index >= 15 is 0 Å². The smallest absolute Gasteiger partial charge is 0.155 e. The van der Waals surface area contributed by atoms with E-state index in [-0.39, 0.29) is 6.29 Å². The third-order valence-corrected chi connectivity index (χ3v) is 2.55. The molecule has 2 heteroatoms. The molecule has 12 heavy (non-hydrogen) atoms. The largest absolute Gasteiger partial charge is 0.347 e. The second-order valence-electron chi connectivity index (χ2n) is 3.54. The van der Waals surface area contributed by atoms with Gasteiger partial charge in [-0.3, -0.25) is 0 Å². The third-order valence-electron chi connectivity index (χ3n) is 2.55. The Morgan fingerprint density at radius 3 is 2.00 bits per heavy atom. The Kier molecular flexibility index (Phi) is 2.47. The highest BCUT2D eigenvalue weighted by Gasteiger charge is 2.32. The highest BCUT2D eigenvalue weighted by atomic mass is 16.7. The molecule has 2 aliphatic rings. The molecule has 0 aromatic carbocycles. The second-order valence-corrected chi connectivity index (χ2v) is 3.54. The van der Waals surface area contributed by atoms with Crippen LogP contribution < -0.4 is 0 Å². The van der Waals surface area contributed by atoms with E-state index in [1.165, 1.54) is 0 Å². The molecule has 1 aliphatic heterocycles. The minimum absolute atomic E-state index is 0.0121. The summed E-state index contributed by atoms with van der Waals surface area (Å²) in [5.41, 5.74) is 0. The van der Waals surface area contributed by atoms with Crippen molar-refractivity contribution in [3.05, 3.63) is 12.2 Å². The summed E-state index contributed by atoms with van der Waals surface area (Å²) < 4.78 is 11.3. The van der Waals surface area contributed by atoms with E-state index in [9.17, 15) is 0 Å². The van der Waals surface area contributed by atoms with Crippen molar-refractivity contribution in [2.75, 3.05) is 0 Å². The first-order chi connectivity index (χ1) is 5.86. The summed E-state index contributed by atoms with van der Waals surface area (Å²) >= 11 is 0. The van der Waals surface area contributed by atoms with Gasteiger partial charge in [0.1, 0.15) is 0 Å². The van der Waals surface area contributed by atoms with Crippen LogP contribution in [0.15, 0.2) is 12.2 Å². The fourth-order valence-corrected chi connectivity index (χ4v) is 1.96. The Morgan fingerprint density at radius 2 is 1.50 bits per heavy atom. The number of ether oxygens (including phenoxy) is 2. The SMILES string of the molecule is CC1OC2CC/C=C\CCC2O1. The zero-order chi connectivity index (χ0) is 8.39. The van der Waals surface area contributed by atoms with Crippen molar-refractivity contribution in [2.24, 2.45) is 0 Å². The average Bonchev–Trinajstić information content (AvgIpc) is 2.32. The van der Waals surface area contributed by atoms with Crippen molar-refractivity contribution in [1.82, 2.24) is 0 Å². The molecule has 2 nitrogen and oxygen atoms in total. The first-order valence-electron chi connectivity index (χ1n) is 4.82. The molecule has 2 atom stereocenters. The van der Waals surface area contributed by atoms with Gasteiger partial charge >= 0.3 is 0 Å². The van der Waals surface area contributed by atoms with Gasteiger partial charge in [0.05, 0.1) is 12.2 Å². The molecular formula is C10H16O2. The highest BCUT2D eigenvalue weighted by Crippen LogP contribution is 2.27. The maximum absolute atomic E-state index is 5.64. The zero-order valence-corrected chi connectivity index (χ0v) is 7.53. The summed E-state index contributed by atoms with van der Waals surface area (Å²) in [6.07, 6.45) is 9.73. The average molecular weight is 168 g/mol. The first-order valence-corrected chi connectivity index (χ1v) is 4.82. The fraction of sp³-hybridized carbons (Fsp3) is 0.800. The summed E-state index contributed by atoms with van der Waals surface area (Å²) in [5, 5.41) is 0. The molecule has 1 saturated heterocycles. The van der Waals surface area contributed by atoms with Gasteiger partial charge in [-0.1, -0.05) is 12.2 Å². The van der Waals surface area contributed by atoms with Crippen LogP contribution in [0.2, 0.25) is 0 Å². The molecule has 0 aromatic rings. The van der Waals surface area contributed by atoms with Crippen LogP contribution in [0, 0.1) is 0 Å². The van der Waals surface area contributed by atoms with Crippen LogP contribution in [0.5, 0.6) is 0 Å². The molecule has 2 rings (SSSR count). The van der Waals surface area contributed by atoms with Crippen molar-refractivity contribution in [2.45, 2.75) is 51.1 Å². The lowest BCUT2D eigenvalue weighted by Gasteiger charge is -2.16. The van der Waals surface area contributed by atoms with Crippen LogP contribution in [-0.4, -0.2) is 18.5 Å². The van der Waals surface area contributed by atoms with Gasteiger partial charge in [-0.2, -0.15) is 0 Å². The quantitative estimate of drug-likeness (QED) is 0.516. The van der Waals surface area contributed by atoms with Crippen LogP contribution in [0.3, 0.4) is 0 Å². The monoisotopic (exact) mass is 168 g/mol. The molecule has 2 unspecified atom stereocenters. The predicted molar refractivity (Wildman–Crippen MR) is 46.8 cm³/mol. The lowest BCUT2D eigenvalue weighted by Crippen LogP contribution is -2.22. The molecule has 0 N–H and O–H groups in total. The molecule has 68 valence electrons. The normalized spacial score (nSPS) is 44.6. The van der Waals surface area contributed by atoms with Gasteiger partial charge in [-0.05, 0) is 32.6 Å². The van der Waals surface area contributed by atoms with E-state index in [0.717, 1.165) is 25.7 Å². The maximum Gasteiger partial charge on any atom is 0.155 e. The van der Waals surface area contributed by atoms with E-state index in [0.29, 0.717) is 12.2 Å². The van der Waals surface area contributed by atoms with Gasteiger partial charge in [0.2, 0.25) is 0 Å². The molecule has 1 fully saturated rings. The lowest BCUT2D eigenvalue weighted by molar-refractivity contribution is -0.0517. The standard InChI is InChI=1S/C10H16O2/c1-8-11-9-6-4-2-3-5-7-10(9)12-8/h2-3,8-10H,4-7H2,1H3/b3-2-. The van der Waals surface area contributed by atoms with Crippen molar-refractivity contribution in [3.8, 4) is 0 Å². The van der Waals surface area contributed by atoms with E-state index < -0.39 is 0 Å². The Labute approximate surface area is 73.5 Å². The Morgan fingerprint density at radius 1 is 1.00 bits per heavy atom. The van der Waals surface area contributed by atoms with Gasteiger partial charge in [0.25, 0.3) is 0 Å². The topological polar surface area (TPSA) is 18.5 Å². The fourth-order valence-electron chi connectivity index (χ4n) is 1.96. The van der Waals surface area contributed by atoms with Gasteiger partial charge in [0.15, 0.2) is 6.29 Å². The minimum Gasteiger partial charge on any atom is -0.347 e. The van der Waals surface area contributed by atoms with Crippen LogP contribution >= 0.6 is 0 Å². The van der Waals surface area contributed by atoms with Gasteiger partial charge in [-0.15, -0.1) is 0 Å². The number of allylic oxidation sites excluding steroid dienone is 2. The maximum atomic E-state index is 5.64. The van der Waals surface area contributed by atoms with Crippen LogP contribution in [-0.2, 0) is 9.47 Å². The minimum atomic E-state index is 0.0121. The number of hydrogen-bond donors (Lipinski definition) is 0. The van der Waals surface area contributed by atoms with Gasteiger partial charge in [-0.25, -0.2) is 0 Å². The van der Waals surface area contributed by atoms with E-state index in [4.69, 9.17) is 9.47 Å². The van der Waals surface area contributed by atoms with Crippen molar-refractivity contribution in [1.29, 1.82) is 0 Å². The van der Waals surface area contributed by atoms with E-state index in [1.54, 1.807) is 0 Å². The number of rotatable bonds is 0. The Bertz CT molecular complexity index is 159. The molecule has 0 bridgehead atoms. The van der Waals surface area contributed by atoms with Crippen molar-refractivity contribution < 1.29 is 9.47 Å². The molecule has 1 heterocycles. The van der Waals surface area contributed by atoms with Crippen molar-refractivity contribution in [3.63, 3.8) is 0 Å². The number of hydrogen-bond acceptors (Lipinski definition) is 2. The molecular weight excluding hydrogens is 152 g/mol. The lowest BCUT2D eigenvalue weighted by atomic mass is 10.0. The van der Waals surface area contributed by atoms with Gasteiger partial charge in [0, 0.05) is 0 Å². The summed E-state index contributed by atoms with van der Waals surface area (Å²) in [5.74, 6) is 0. The molecule has 0 aromatic heterocycles. The van der Waals surface area contributed by atoms with E-state index in [1.807, 2.05) is 6.92 Å². The molecule has 1 aliphatic carbocycles. The van der Waals surface area contributed by atoms with Crippen LogP contribution in [0.1, 0.15) is 32.6 Å².